The quantitative estimate of drug-likeness (QED) is 0.506. The predicted octanol–water partition coefficient (Wildman–Crippen LogP) is 4.55. The van der Waals surface area contributed by atoms with Gasteiger partial charge in [0, 0.05) is 18.8 Å². The number of allylic oxidation sites excluding steroid dienone is 3. The van der Waals surface area contributed by atoms with Crippen LogP contribution in [-0.4, -0.2) is 29.6 Å². The standard InChI is InChI=1S/C25H29NO3/c1-16-13-17(2)23(18(3)14-16)24-22(28)15-19(25(24)29)9-6-7-11-21(27)20-10-5-4-8-12-26-20/h4-5,8,10,13-14,19,24H,6-7,9,11-12,15H2,1-3H3. The summed E-state index contributed by atoms with van der Waals surface area (Å²) in [5.41, 5.74) is 4.61. The molecule has 1 saturated carbocycles. The Labute approximate surface area is 172 Å². The van der Waals surface area contributed by atoms with Crippen LogP contribution in [0.3, 0.4) is 0 Å². The number of unbranched alkanes of at least 4 members (excludes halogenated alkanes) is 1. The van der Waals surface area contributed by atoms with Gasteiger partial charge in [-0.3, -0.25) is 19.4 Å². The summed E-state index contributed by atoms with van der Waals surface area (Å²) in [4.78, 5) is 42.2. The molecule has 1 aromatic rings. The number of carbonyl (C=O) groups excluding carboxylic acids is 3. The Morgan fingerprint density at radius 3 is 2.52 bits per heavy atom. The Kier molecular flexibility index (Phi) is 6.73. The molecule has 1 aromatic carbocycles. The van der Waals surface area contributed by atoms with E-state index >= 15 is 0 Å². The van der Waals surface area contributed by atoms with Crippen molar-refractivity contribution < 1.29 is 14.4 Å². The van der Waals surface area contributed by atoms with E-state index in [1.807, 2.05) is 51.1 Å². The predicted molar refractivity (Wildman–Crippen MR) is 116 cm³/mol. The lowest BCUT2D eigenvalue weighted by molar-refractivity contribution is -0.124. The van der Waals surface area contributed by atoms with E-state index in [9.17, 15) is 14.4 Å². The lowest BCUT2D eigenvalue weighted by Gasteiger charge is -2.16. The molecule has 0 saturated heterocycles. The number of carbonyl (C=O) groups is 3. The normalized spacial score (nSPS) is 21.4. The third-order valence-electron chi connectivity index (χ3n) is 5.84. The molecule has 29 heavy (non-hydrogen) atoms. The van der Waals surface area contributed by atoms with Crippen molar-refractivity contribution in [3.8, 4) is 0 Å². The van der Waals surface area contributed by atoms with Crippen LogP contribution in [0.2, 0.25) is 0 Å². The van der Waals surface area contributed by atoms with E-state index in [0.717, 1.165) is 28.7 Å². The molecule has 1 aliphatic heterocycles. The van der Waals surface area contributed by atoms with E-state index in [0.29, 0.717) is 37.9 Å². The zero-order valence-corrected chi connectivity index (χ0v) is 17.5. The van der Waals surface area contributed by atoms with Crippen molar-refractivity contribution in [2.45, 2.75) is 58.8 Å². The van der Waals surface area contributed by atoms with Crippen LogP contribution >= 0.6 is 0 Å². The fourth-order valence-electron chi connectivity index (χ4n) is 4.53. The lowest BCUT2D eigenvalue weighted by atomic mass is 9.86. The zero-order chi connectivity index (χ0) is 21.0. The maximum Gasteiger partial charge on any atom is 0.180 e. The number of ketones is 3. The van der Waals surface area contributed by atoms with Crippen LogP contribution in [0.25, 0.3) is 0 Å². The molecule has 3 rings (SSSR count). The fraction of sp³-hybridized carbons (Fsp3) is 0.440. The molecule has 4 heteroatoms. The minimum Gasteiger partial charge on any atom is -0.298 e. The van der Waals surface area contributed by atoms with Crippen LogP contribution in [0.5, 0.6) is 0 Å². The molecule has 0 N–H and O–H groups in total. The summed E-state index contributed by atoms with van der Waals surface area (Å²) in [5, 5.41) is 0. The second-order valence-corrected chi connectivity index (χ2v) is 8.20. The molecule has 2 aliphatic rings. The second-order valence-electron chi connectivity index (χ2n) is 8.20. The van der Waals surface area contributed by atoms with E-state index in [-0.39, 0.29) is 23.3 Å². The molecule has 4 nitrogen and oxygen atoms in total. The topological polar surface area (TPSA) is 63.6 Å². The highest BCUT2D eigenvalue weighted by Gasteiger charge is 2.42. The van der Waals surface area contributed by atoms with Gasteiger partial charge >= 0.3 is 0 Å². The summed E-state index contributed by atoms with van der Waals surface area (Å²) < 4.78 is 0. The van der Waals surface area contributed by atoms with Gasteiger partial charge in [-0.25, -0.2) is 0 Å². The Hall–Kier alpha value is -2.62. The molecule has 1 heterocycles. The van der Waals surface area contributed by atoms with Crippen LogP contribution in [0.4, 0.5) is 0 Å². The molecule has 0 radical (unpaired) electrons. The van der Waals surface area contributed by atoms with Gasteiger partial charge in [0.25, 0.3) is 0 Å². The van der Waals surface area contributed by atoms with Crippen molar-refractivity contribution in [1.82, 2.24) is 0 Å². The van der Waals surface area contributed by atoms with Crippen molar-refractivity contribution in [2.75, 3.05) is 6.54 Å². The van der Waals surface area contributed by atoms with Crippen LogP contribution in [-0.2, 0) is 14.4 Å². The van der Waals surface area contributed by atoms with Gasteiger partial charge in [0.2, 0.25) is 0 Å². The van der Waals surface area contributed by atoms with Crippen LogP contribution in [0.15, 0.2) is 41.4 Å². The number of nitrogens with zero attached hydrogens (tertiary/aromatic N) is 1. The number of rotatable bonds is 7. The number of aliphatic imine (C=N–C) groups is 1. The van der Waals surface area contributed by atoms with E-state index in [1.165, 1.54) is 0 Å². The molecule has 0 spiro atoms. The van der Waals surface area contributed by atoms with Crippen LogP contribution < -0.4 is 0 Å². The highest BCUT2D eigenvalue weighted by molar-refractivity contribution is 6.44. The summed E-state index contributed by atoms with van der Waals surface area (Å²) in [7, 11) is 0. The second kappa shape index (κ2) is 9.25. The Morgan fingerprint density at radius 2 is 1.79 bits per heavy atom. The summed E-state index contributed by atoms with van der Waals surface area (Å²) >= 11 is 0. The molecule has 0 bridgehead atoms. The molecular weight excluding hydrogens is 362 g/mol. The SMILES string of the molecule is Cc1cc(C)c(C2C(=O)CC(CCCCC(=O)C3=NCC=CC=C3)C2=O)c(C)c1. The molecule has 2 unspecified atom stereocenters. The Morgan fingerprint density at radius 1 is 1.07 bits per heavy atom. The van der Waals surface area contributed by atoms with Gasteiger partial charge in [0.15, 0.2) is 11.6 Å². The van der Waals surface area contributed by atoms with Gasteiger partial charge < -0.3 is 0 Å². The fourth-order valence-corrected chi connectivity index (χ4v) is 4.53. The summed E-state index contributed by atoms with van der Waals surface area (Å²) in [5.74, 6) is -0.695. The summed E-state index contributed by atoms with van der Waals surface area (Å²) in [6.07, 6.45) is 10.3. The monoisotopic (exact) mass is 391 g/mol. The lowest BCUT2D eigenvalue weighted by Crippen LogP contribution is -2.18. The van der Waals surface area contributed by atoms with Gasteiger partial charge in [-0.1, -0.05) is 42.3 Å². The third-order valence-corrected chi connectivity index (χ3v) is 5.84. The number of hydrogen-bond acceptors (Lipinski definition) is 4. The van der Waals surface area contributed by atoms with Crippen molar-refractivity contribution in [3.63, 3.8) is 0 Å². The van der Waals surface area contributed by atoms with Gasteiger partial charge in [0.1, 0.15) is 17.4 Å². The number of aryl methyl sites for hydroxylation is 3. The Bertz CT molecular complexity index is 897. The average molecular weight is 392 g/mol. The Balaban J connectivity index is 1.56. The van der Waals surface area contributed by atoms with Crippen LogP contribution in [0, 0.1) is 26.7 Å². The van der Waals surface area contributed by atoms with Crippen LogP contribution in [0.1, 0.15) is 60.3 Å². The van der Waals surface area contributed by atoms with Crippen molar-refractivity contribution in [3.05, 3.63) is 58.7 Å². The van der Waals surface area contributed by atoms with E-state index in [2.05, 4.69) is 4.99 Å². The number of benzene rings is 1. The maximum atomic E-state index is 13.0. The van der Waals surface area contributed by atoms with E-state index in [4.69, 9.17) is 0 Å². The molecule has 2 atom stereocenters. The van der Waals surface area contributed by atoms with Crippen molar-refractivity contribution in [2.24, 2.45) is 10.9 Å². The van der Waals surface area contributed by atoms with Gasteiger partial charge in [-0.15, -0.1) is 0 Å². The summed E-state index contributed by atoms with van der Waals surface area (Å²) in [6, 6.07) is 4.09. The molecule has 1 aliphatic carbocycles. The summed E-state index contributed by atoms with van der Waals surface area (Å²) in [6.45, 7) is 6.52. The molecular formula is C25H29NO3. The first-order valence-electron chi connectivity index (χ1n) is 10.4. The average Bonchev–Trinajstić information content (AvgIpc) is 2.85. The minimum atomic E-state index is -0.611. The largest absolute Gasteiger partial charge is 0.298 e. The molecule has 0 aromatic heterocycles. The third kappa shape index (κ3) is 4.87. The first-order chi connectivity index (χ1) is 13.9. The van der Waals surface area contributed by atoms with Gasteiger partial charge in [0.05, 0.1) is 6.54 Å². The van der Waals surface area contributed by atoms with E-state index < -0.39 is 5.92 Å². The number of hydrogen-bond donors (Lipinski definition) is 0. The van der Waals surface area contributed by atoms with E-state index in [1.54, 1.807) is 6.08 Å². The van der Waals surface area contributed by atoms with Gasteiger partial charge in [-0.05, 0) is 56.4 Å². The van der Waals surface area contributed by atoms with Crippen molar-refractivity contribution in [1.29, 1.82) is 0 Å². The first kappa shape index (κ1) is 21.1. The number of Topliss-reactive ketones (excluding diaryl/α,β-unsaturated/α-hetero) is 3. The van der Waals surface area contributed by atoms with Crippen molar-refractivity contribution >= 4 is 23.1 Å². The minimum absolute atomic E-state index is 0.0385. The van der Waals surface area contributed by atoms with Gasteiger partial charge in [-0.2, -0.15) is 0 Å². The highest BCUT2D eigenvalue weighted by Crippen LogP contribution is 2.38. The molecule has 152 valence electrons. The molecule has 0 amide bonds. The zero-order valence-electron chi connectivity index (χ0n) is 17.5. The first-order valence-corrected chi connectivity index (χ1v) is 10.4. The maximum absolute atomic E-state index is 13.0. The molecule has 1 fully saturated rings. The smallest absolute Gasteiger partial charge is 0.180 e. The highest BCUT2D eigenvalue weighted by atomic mass is 16.2.